The van der Waals surface area contributed by atoms with Crippen LogP contribution in [-0.2, 0) is 4.74 Å². The van der Waals surface area contributed by atoms with Crippen molar-refractivity contribution in [2.24, 2.45) is 0 Å². The van der Waals surface area contributed by atoms with Crippen LogP contribution < -0.4 is 5.73 Å². The van der Waals surface area contributed by atoms with E-state index in [9.17, 15) is 14.9 Å². The quantitative estimate of drug-likeness (QED) is 0.500. The Morgan fingerprint density at radius 1 is 1.55 bits per heavy atom. The number of nitrogens with zero attached hydrogens (tertiary/aromatic N) is 4. The molecule has 0 aliphatic rings. The number of hydrogen-bond donors (Lipinski definition) is 1. The van der Waals surface area contributed by atoms with E-state index >= 15 is 0 Å². The smallest absolute Gasteiger partial charge is 0.362 e. The summed E-state index contributed by atoms with van der Waals surface area (Å²) in [5, 5.41) is 18.1. The second-order valence-electron chi connectivity index (χ2n) is 3.73. The van der Waals surface area contributed by atoms with Gasteiger partial charge >= 0.3 is 5.97 Å². The summed E-state index contributed by atoms with van der Waals surface area (Å²) < 4.78 is 5.92. The molecule has 0 fully saturated rings. The zero-order valence-corrected chi connectivity index (χ0v) is 10.5. The molecule has 2 rings (SSSR count). The van der Waals surface area contributed by atoms with Crippen LogP contribution in [0.3, 0.4) is 0 Å². The van der Waals surface area contributed by atoms with Gasteiger partial charge in [-0.3, -0.25) is 10.1 Å². The minimum atomic E-state index is -0.693. The molecule has 0 aliphatic carbocycles. The fourth-order valence-electron chi connectivity index (χ4n) is 1.56. The van der Waals surface area contributed by atoms with Gasteiger partial charge < -0.3 is 10.5 Å². The number of hydrogen-bond acceptors (Lipinski definition) is 7. The number of nitrogens with two attached hydrogens (primary N) is 1. The van der Waals surface area contributed by atoms with Crippen LogP contribution in [0.1, 0.15) is 17.4 Å². The summed E-state index contributed by atoms with van der Waals surface area (Å²) in [5.41, 5.74) is 5.85. The first kappa shape index (κ1) is 13.5. The molecule has 1 aromatic heterocycles. The van der Waals surface area contributed by atoms with Gasteiger partial charge in [0.05, 0.1) is 17.2 Å². The molecule has 1 aromatic carbocycles. The molecule has 1 heterocycles. The van der Waals surface area contributed by atoms with Gasteiger partial charge in [-0.05, 0) is 13.0 Å². The SMILES string of the molecule is CCOC(=O)c1nnn(-c2cccc([N+](=O)[O-])c2)c1N. The van der Waals surface area contributed by atoms with Gasteiger partial charge in [-0.2, -0.15) is 4.68 Å². The topological polar surface area (TPSA) is 126 Å². The summed E-state index contributed by atoms with van der Waals surface area (Å²) in [6, 6.07) is 5.66. The summed E-state index contributed by atoms with van der Waals surface area (Å²) in [6.07, 6.45) is 0. The maximum atomic E-state index is 11.6. The number of non-ortho nitro benzene ring substituents is 1. The van der Waals surface area contributed by atoms with E-state index in [0.717, 1.165) is 4.68 Å². The average molecular weight is 277 g/mol. The molecule has 0 atom stereocenters. The molecule has 2 N–H and O–H groups in total. The fourth-order valence-corrected chi connectivity index (χ4v) is 1.56. The summed E-state index contributed by atoms with van der Waals surface area (Å²) >= 11 is 0. The standard InChI is InChI=1S/C11H11N5O4/c1-2-20-11(17)9-10(12)15(14-13-9)7-4-3-5-8(6-7)16(18)19/h3-6H,2,12H2,1H3. The lowest BCUT2D eigenvalue weighted by Crippen LogP contribution is -2.09. The lowest BCUT2D eigenvalue weighted by Gasteiger charge is -2.03. The van der Waals surface area contributed by atoms with Gasteiger partial charge in [-0.1, -0.05) is 11.3 Å². The highest BCUT2D eigenvalue weighted by molar-refractivity contribution is 5.92. The Morgan fingerprint density at radius 2 is 2.30 bits per heavy atom. The predicted octanol–water partition coefficient (Wildman–Crippen LogP) is 0.934. The van der Waals surface area contributed by atoms with Crippen molar-refractivity contribution in [3.63, 3.8) is 0 Å². The molecule has 2 aromatic rings. The predicted molar refractivity (Wildman–Crippen MR) is 68.4 cm³/mol. The fraction of sp³-hybridized carbons (Fsp3) is 0.182. The molecule has 0 spiro atoms. The molecule has 0 unspecified atom stereocenters. The number of benzene rings is 1. The van der Waals surface area contributed by atoms with Gasteiger partial charge in [0.2, 0.25) is 5.69 Å². The molecule has 104 valence electrons. The van der Waals surface area contributed by atoms with Gasteiger partial charge in [0, 0.05) is 12.1 Å². The Hall–Kier alpha value is -2.97. The number of nitro groups is 1. The number of carbonyl (C=O) groups excluding carboxylic acids is 1. The van der Waals surface area contributed by atoms with E-state index in [1.807, 2.05) is 0 Å². The summed E-state index contributed by atoms with van der Waals surface area (Å²) in [6.45, 7) is 1.83. The number of nitro benzene ring substituents is 1. The van der Waals surface area contributed by atoms with Crippen LogP contribution in [0.25, 0.3) is 5.69 Å². The number of nitrogen functional groups attached to an aromatic ring is 1. The molecular formula is C11H11N5O4. The highest BCUT2D eigenvalue weighted by atomic mass is 16.6. The third kappa shape index (κ3) is 2.41. The Balaban J connectivity index is 2.42. The van der Waals surface area contributed by atoms with Crippen LogP contribution in [0.2, 0.25) is 0 Å². The van der Waals surface area contributed by atoms with Gasteiger partial charge in [-0.15, -0.1) is 5.10 Å². The van der Waals surface area contributed by atoms with Crippen LogP contribution in [0.5, 0.6) is 0 Å². The van der Waals surface area contributed by atoms with E-state index in [1.54, 1.807) is 13.0 Å². The van der Waals surface area contributed by atoms with Crippen LogP contribution in [0.15, 0.2) is 24.3 Å². The Morgan fingerprint density at radius 3 is 2.95 bits per heavy atom. The lowest BCUT2D eigenvalue weighted by atomic mass is 10.3. The summed E-state index contributed by atoms with van der Waals surface area (Å²) in [5.74, 6) is -0.731. The molecule has 20 heavy (non-hydrogen) atoms. The van der Waals surface area contributed by atoms with Crippen molar-refractivity contribution in [1.29, 1.82) is 0 Å². The highest BCUT2D eigenvalue weighted by Gasteiger charge is 2.20. The van der Waals surface area contributed by atoms with E-state index in [4.69, 9.17) is 10.5 Å². The molecule has 0 bridgehead atoms. The zero-order valence-electron chi connectivity index (χ0n) is 10.5. The van der Waals surface area contributed by atoms with Crippen LogP contribution in [-0.4, -0.2) is 32.5 Å². The van der Waals surface area contributed by atoms with Crippen LogP contribution in [0.4, 0.5) is 11.5 Å². The molecule has 0 aliphatic heterocycles. The van der Waals surface area contributed by atoms with E-state index in [-0.39, 0.29) is 23.8 Å². The number of ether oxygens (including phenoxy) is 1. The summed E-state index contributed by atoms with van der Waals surface area (Å²) in [4.78, 5) is 21.7. The van der Waals surface area contributed by atoms with Gasteiger partial charge in [0.15, 0.2) is 5.82 Å². The van der Waals surface area contributed by atoms with E-state index in [0.29, 0.717) is 5.69 Å². The molecule has 0 saturated heterocycles. The first-order valence-corrected chi connectivity index (χ1v) is 5.67. The third-order valence-electron chi connectivity index (χ3n) is 2.46. The summed E-state index contributed by atoms with van der Waals surface area (Å²) in [7, 11) is 0. The van der Waals surface area contributed by atoms with Crippen LogP contribution in [0, 0.1) is 10.1 Å². The van der Waals surface area contributed by atoms with E-state index in [1.165, 1.54) is 18.2 Å². The minimum absolute atomic E-state index is 0.0380. The molecule has 9 heteroatoms. The largest absolute Gasteiger partial charge is 0.461 e. The van der Waals surface area contributed by atoms with Gasteiger partial charge in [-0.25, -0.2) is 4.79 Å². The average Bonchev–Trinajstić information content (AvgIpc) is 2.81. The van der Waals surface area contributed by atoms with Crippen molar-refractivity contribution >= 4 is 17.5 Å². The second-order valence-corrected chi connectivity index (χ2v) is 3.73. The number of esters is 1. The van der Waals surface area contributed by atoms with Crippen LogP contribution >= 0.6 is 0 Å². The Bertz CT molecular complexity index is 667. The normalized spacial score (nSPS) is 10.2. The van der Waals surface area contributed by atoms with Crippen molar-refractivity contribution in [3.8, 4) is 5.69 Å². The van der Waals surface area contributed by atoms with E-state index in [2.05, 4.69) is 10.3 Å². The number of anilines is 1. The third-order valence-corrected chi connectivity index (χ3v) is 2.46. The molecule has 9 nitrogen and oxygen atoms in total. The first-order chi connectivity index (χ1) is 9.54. The van der Waals surface area contributed by atoms with Gasteiger partial charge in [0.1, 0.15) is 0 Å². The second kappa shape index (κ2) is 5.34. The molecule has 0 saturated carbocycles. The minimum Gasteiger partial charge on any atom is -0.461 e. The Labute approximate surface area is 113 Å². The maximum Gasteiger partial charge on any atom is 0.362 e. The van der Waals surface area contributed by atoms with E-state index < -0.39 is 10.9 Å². The number of aromatic nitrogens is 3. The highest BCUT2D eigenvalue weighted by Crippen LogP contribution is 2.20. The zero-order chi connectivity index (χ0) is 14.7. The lowest BCUT2D eigenvalue weighted by molar-refractivity contribution is -0.384. The van der Waals surface area contributed by atoms with Crippen molar-refractivity contribution in [3.05, 3.63) is 40.1 Å². The molecule has 0 radical (unpaired) electrons. The molecule has 0 amide bonds. The van der Waals surface area contributed by atoms with Gasteiger partial charge in [0.25, 0.3) is 5.69 Å². The van der Waals surface area contributed by atoms with Crippen molar-refractivity contribution in [1.82, 2.24) is 15.0 Å². The van der Waals surface area contributed by atoms with Crippen molar-refractivity contribution in [2.75, 3.05) is 12.3 Å². The number of rotatable bonds is 4. The van der Waals surface area contributed by atoms with Crippen molar-refractivity contribution in [2.45, 2.75) is 6.92 Å². The van der Waals surface area contributed by atoms with Crippen molar-refractivity contribution < 1.29 is 14.5 Å². The maximum absolute atomic E-state index is 11.6. The monoisotopic (exact) mass is 277 g/mol. The Kier molecular flexibility index (Phi) is 3.60. The first-order valence-electron chi connectivity index (χ1n) is 5.67. The molecular weight excluding hydrogens is 266 g/mol. The number of carbonyl (C=O) groups is 1.